The van der Waals surface area contributed by atoms with Crippen molar-refractivity contribution in [1.82, 2.24) is 34.1 Å². The van der Waals surface area contributed by atoms with Crippen LogP contribution in [0, 0.1) is 6.92 Å². The summed E-state index contributed by atoms with van der Waals surface area (Å²) in [5.74, 6) is -1.29. The van der Waals surface area contributed by atoms with Crippen LogP contribution in [0.25, 0.3) is 16.5 Å². The van der Waals surface area contributed by atoms with Gasteiger partial charge in [0, 0.05) is 75.9 Å². The monoisotopic (exact) mass is 1070 g/mol. The zero-order chi connectivity index (χ0) is 51.2. The molecule has 0 unspecified atom stereocenters. The van der Waals surface area contributed by atoms with Gasteiger partial charge < -0.3 is 24.0 Å². The maximum absolute atomic E-state index is 15.5. The number of fused-ring (bicyclic) bond motifs is 2. The number of aromatic nitrogens is 2. The highest BCUT2D eigenvalue weighted by Gasteiger charge is 2.35. The lowest BCUT2D eigenvalue weighted by Gasteiger charge is -2.40. The first kappa shape index (κ1) is 52.3. The van der Waals surface area contributed by atoms with Crippen LogP contribution in [-0.4, -0.2) is 140 Å². The third-order valence-corrected chi connectivity index (χ3v) is 16.2. The lowest BCUT2D eigenvalue weighted by atomic mass is 9.92. The number of halogens is 3. The number of nitrogens with zero attached hydrogens (tertiary/aromatic N) is 6. The van der Waals surface area contributed by atoms with E-state index in [0.717, 1.165) is 41.6 Å². The van der Waals surface area contributed by atoms with Crippen LogP contribution in [0.5, 0.6) is 5.75 Å². The first-order valence-electron chi connectivity index (χ1n) is 24.6. The van der Waals surface area contributed by atoms with Crippen molar-refractivity contribution in [2.75, 3.05) is 78.8 Å². The van der Waals surface area contributed by atoms with Crippen molar-refractivity contribution >= 4 is 73.3 Å². The van der Waals surface area contributed by atoms with Gasteiger partial charge in [0.1, 0.15) is 12.4 Å². The Morgan fingerprint density at radius 1 is 0.836 bits per heavy atom. The van der Waals surface area contributed by atoms with Crippen LogP contribution in [0.3, 0.4) is 0 Å². The maximum atomic E-state index is 15.5. The van der Waals surface area contributed by atoms with Gasteiger partial charge in [0.05, 0.1) is 63.3 Å². The van der Waals surface area contributed by atoms with E-state index >= 15 is 4.79 Å². The number of sulfonamides is 1. The molecule has 1 aromatic heterocycles. The Morgan fingerprint density at radius 2 is 1.58 bits per heavy atom. The number of ether oxygens (including phenoxy) is 3. The van der Waals surface area contributed by atoms with E-state index in [1.807, 2.05) is 37.3 Å². The SMILES string of the molecule is CCCCN(Cc1ccc(Cl)c(Cl)c1)C(=O)c1nn(-c2ccc(C(=O)NS(=O)(=O)c3ccc4cccc(OCCN5CCOCC5)c4c3)cc2C(=O)N2Cc3ccccc3C[C@H]2CN2CCOCC2)c(C)c1Cl. The molecule has 5 aromatic carbocycles. The summed E-state index contributed by atoms with van der Waals surface area (Å²) in [6.45, 7) is 11.8. The van der Waals surface area contributed by atoms with E-state index in [2.05, 4.69) is 20.6 Å². The number of carbonyl (C=O) groups excluding carboxylic acids is 3. The average Bonchev–Trinajstić information content (AvgIpc) is 3.70. The Labute approximate surface area is 440 Å². The number of nitrogens with one attached hydrogen (secondary N) is 1. The molecule has 2 saturated heterocycles. The lowest BCUT2D eigenvalue weighted by molar-refractivity contribution is 0.0192. The van der Waals surface area contributed by atoms with Gasteiger partial charge in [0.2, 0.25) is 0 Å². The Morgan fingerprint density at radius 3 is 2.32 bits per heavy atom. The van der Waals surface area contributed by atoms with Gasteiger partial charge in [-0.2, -0.15) is 5.10 Å². The number of hydrogen-bond donors (Lipinski definition) is 1. The molecule has 0 spiro atoms. The molecule has 9 rings (SSSR count). The molecule has 4 heterocycles. The molecule has 384 valence electrons. The van der Waals surface area contributed by atoms with Gasteiger partial charge in [0.15, 0.2) is 5.69 Å². The molecule has 73 heavy (non-hydrogen) atoms. The summed E-state index contributed by atoms with van der Waals surface area (Å²) in [7, 11) is -4.47. The minimum absolute atomic E-state index is 0.0280. The summed E-state index contributed by atoms with van der Waals surface area (Å²) in [6, 6.07) is 27.4. The number of rotatable bonds is 17. The van der Waals surface area contributed by atoms with Crippen molar-refractivity contribution in [3.05, 3.63) is 151 Å². The molecule has 19 heteroatoms. The van der Waals surface area contributed by atoms with Gasteiger partial charge in [-0.15, -0.1) is 0 Å². The highest BCUT2D eigenvalue weighted by molar-refractivity contribution is 7.90. The molecule has 1 atom stereocenters. The number of unbranched alkanes of at least 4 members (excludes halogenated alkanes) is 1. The van der Waals surface area contributed by atoms with Crippen LogP contribution in [0.4, 0.5) is 0 Å². The first-order valence-corrected chi connectivity index (χ1v) is 27.2. The molecular formula is C54H58Cl3N7O8S. The number of hydrogen-bond acceptors (Lipinski definition) is 11. The van der Waals surface area contributed by atoms with E-state index in [1.54, 1.807) is 47.1 Å². The summed E-state index contributed by atoms with van der Waals surface area (Å²) < 4.78 is 49.3. The average molecular weight is 1070 g/mol. The largest absolute Gasteiger partial charge is 0.492 e. The van der Waals surface area contributed by atoms with Crippen molar-refractivity contribution < 1.29 is 37.0 Å². The zero-order valence-electron chi connectivity index (χ0n) is 40.8. The topological polar surface area (TPSA) is 156 Å². The predicted molar refractivity (Wildman–Crippen MR) is 282 cm³/mol. The fourth-order valence-electron chi connectivity index (χ4n) is 9.59. The number of morpholine rings is 2. The molecule has 0 radical (unpaired) electrons. The van der Waals surface area contributed by atoms with Gasteiger partial charge >= 0.3 is 0 Å². The number of benzene rings is 5. The summed E-state index contributed by atoms with van der Waals surface area (Å²) in [4.78, 5) is 52.2. The molecule has 15 nitrogen and oxygen atoms in total. The van der Waals surface area contributed by atoms with Gasteiger partial charge in [-0.25, -0.2) is 17.8 Å². The molecule has 3 aliphatic rings. The summed E-state index contributed by atoms with van der Waals surface area (Å²) in [5, 5.41) is 6.98. The molecule has 3 amide bonds. The summed E-state index contributed by atoms with van der Waals surface area (Å²) in [5.41, 5.74) is 3.43. The van der Waals surface area contributed by atoms with Crippen molar-refractivity contribution in [2.24, 2.45) is 0 Å². The third-order valence-electron chi connectivity index (χ3n) is 13.7. The van der Waals surface area contributed by atoms with Crippen LogP contribution in [0.1, 0.15) is 73.4 Å². The first-order chi connectivity index (χ1) is 35.3. The fraction of sp³-hybridized carbons (Fsp3) is 0.370. The van der Waals surface area contributed by atoms with E-state index < -0.39 is 27.7 Å². The minimum Gasteiger partial charge on any atom is -0.492 e. The molecule has 6 aromatic rings. The van der Waals surface area contributed by atoms with E-state index in [9.17, 15) is 18.0 Å². The molecule has 0 bridgehead atoms. The predicted octanol–water partition coefficient (Wildman–Crippen LogP) is 8.47. The Kier molecular flexibility index (Phi) is 16.7. The molecule has 2 fully saturated rings. The molecular weight excluding hydrogens is 1010 g/mol. The van der Waals surface area contributed by atoms with E-state index in [0.29, 0.717) is 105 Å². The minimum atomic E-state index is -4.47. The quantitative estimate of drug-likeness (QED) is 0.0936. The Balaban J connectivity index is 1.06. The van der Waals surface area contributed by atoms with Gasteiger partial charge in [0.25, 0.3) is 27.7 Å². The van der Waals surface area contributed by atoms with Crippen molar-refractivity contribution in [1.29, 1.82) is 0 Å². The maximum Gasteiger partial charge on any atom is 0.276 e. The highest BCUT2D eigenvalue weighted by atomic mass is 35.5. The van der Waals surface area contributed by atoms with Crippen LogP contribution in [-0.2, 0) is 39.0 Å². The van der Waals surface area contributed by atoms with Crippen LogP contribution < -0.4 is 9.46 Å². The van der Waals surface area contributed by atoms with E-state index in [-0.39, 0.29) is 51.6 Å². The van der Waals surface area contributed by atoms with Crippen LogP contribution in [0.2, 0.25) is 15.1 Å². The normalized spacial score (nSPS) is 16.6. The second-order valence-electron chi connectivity index (χ2n) is 18.6. The third kappa shape index (κ3) is 12.0. The van der Waals surface area contributed by atoms with Crippen LogP contribution in [0.15, 0.2) is 102 Å². The van der Waals surface area contributed by atoms with Gasteiger partial charge in [-0.3, -0.25) is 24.2 Å². The smallest absolute Gasteiger partial charge is 0.276 e. The Hall–Kier alpha value is -5.56. The number of carbonyl (C=O) groups is 3. The van der Waals surface area contributed by atoms with E-state index in [4.69, 9.17) is 54.1 Å². The second-order valence-corrected chi connectivity index (χ2v) is 21.4. The summed E-state index contributed by atoms with van der Waals surface area (Å²) >= 11 is 19.6. The molecule has 0 saturated carbocycles. The molecule has 1 N–H and O–H groups in total. The number of amides is 3. The lowest BCUT2D eigenvalue weighted by Crippen LogP contribution is -2.52. The molecule has 3 aliphatic heterocycles. The van der Waals surface area contributed by atoms with Gasteiger partial charge in [-0.1, -0.05) is 96.7 Å². The van der Waals surface area contributed by atoms with Crippen molar-refractivity contribution in [3.8, 4) is 11.4 Å². The second kappa shape index (κ2) is 23.3. The standard InChI is InChI=1S/C54H58Cl3N7O8S/c1-3-4-18-62(33-37-12-16-46(55)47(56)29-37)54(67)51-50(57)36(2)64(58-51)48-17-14-40(31-45(48)53(66)63-34-41-9-6-5-8-39(41)30-42(63)35-61-21-26-71-27-22-61)52(65)59-73(68,69)43-15-13-38-10-7-11-49(44(38)32-43)72-28-23-60-19-24-70-25-20-60/h5-17,29,31-32,42H,3-4,18-28,30,33-35H2,1-2H3,(H,59,65)/t42-/m0/s1. The highest BCUT2D eigenvalue weighted by Crippen LogP contribution is 2.33. The zero-order valence-corrected chi connectivity index (χ0v) is 43.9. The van der Waals surface area contributed by atoms with Crippen molar-refractivity contribution in [3.63, 3.8) is 0 Å². The van der Waals surface area contributed by atoms with Crippen molar-refractivity contribution in [2.45, 2.75) is 57.1 Å². The summed E-state index contributed by atoms with van der Waals surface area (Å²) in [6.07, 6.45) is 2.11. The van der Waals surface area contributed by atoms with Gasteiger partial charge in [-0.05, 0) is 90.4 Å². The van der Waals surface area contributed by atoms with Crippen LogP contribution >= 0.6 is 34.8 Å². The molecule has 0 aliphatic carbocycles. The fourth-order valence-corrected chi connectivity index (χ4v) is 11.1. The van der Waals surface area contributed by atoms with E-state index in [1.165, 1.54) is 35.0 Å². The Bertz CT molecular complexity index is 3120.